The molecule has 0 aliphatic heterocycles. The number of benzene rings is 2. The SMILES string of the molecule is Cc1ccc(NC(=O)Cn2nnc(-c3nc(-c4ccc(C)cc4)no3)c2N)cc1. The third kappa shape index (κ3) is 3.98. The lowest BCUT2D eigenvalue weighted by Gasteiger charge is -2.06. The molecule has 0 aliphatic carbocycles. The monoisotopic (exact) mass is 389 g/mol. The first-order valence-corrected chi connectivity index (χ1v) is 8.96. The van der Waals surface area contributed by atoms with Gasteiger partial charge in [0.1, 0.15) is 6.54 Å². The van der Waals surface area contributed by atoms with Gasteiger partial charge in [-0.2, -0.15) is 4.98 Å². The summed E-state index contributed by atoms with van der Waals surface area (Å²) < 4.78 is 6.57. The Bertz CT molecular complexity index is 1140. The number of rotatable bonds is 5. The Kier molecular flexibility index (Phi) is 4.78. The van der Waals surface area contributed by atoms with E-state index < -0.39 is 0 Å². The molecule has 4 aromatic rings. The fourth-order valence-electron chi connectivity index (χ4n) is 2.70. The molecular formula is C20H19N7O2. The molecule has 0 spiro atoms. The van der Waals surface area contributed by atoms with Crippen LogP contribution in [0.1, 0.15) is 11.1 Å². The Hall–Kier alpha value is -4.01. The summed E-state index contributed by atoms with van der Waals surface area (Å²) in [6, 6.07) is 15.2. The highest BCUT2D eigenvalue weighted by Crippen LogP contribution is 2.24. The van der Waals surface area contributed by atoms with Crippen LogP contribution in [0.4, 0.5) is 11.5 Å². The van der Waals surface area contributed by atoms with Crippen molar-refractivity contribution >= 4 is 17.4 Å². The summed E-state index contributed by atoms with van der Waals surface area (Å²) in [7, 11) is 0. The second kappa shape index (κ2) is 7.55. The fraction of sp³-hybridized carbons (Fsp3) is 0.150. The fourth-order valence-corrected chi connectivity index (χ4v) is 2.70. The molecule has 2 heterocycles. The van der Waals surface area contributed by atoms with E-state index in [9.17, 15) is 4.79 Å². The maximum absolute atomic E-state index is 12.3. The molecule has 2 aromatic heterocycles. The first-order chi connectivity index (χ1) is 14.0. The van der Waals surface area contributed by atoms with Gasteiger partial charge in [-0.05, 0) is 26.0 Å². The normalized spacial score (nSPS) is 10.8. The number of hydrogen-bond acceptors (Lipinski definition) is 7. The highest BCUT2D eigenvalue weighted by atomic mass is 16.5. The smallest absolute Gasteiger partial charge is 0.282 e. The molecule has 0 saturated heterocycles. The Balaban J connectivity index is 1.49. The largest absolute Gasteiger partial charge is 0.382 e. The number of anilines is 2. The zero-order valence-electron chi connectivity index (χ0n) is 16.0. The van der Waals surface area contributed by atoms with E-state index in [4.69, 9.17) is 10.3 Å². The standard InChI is InChI=1S/C20H19N7O2/c1-12-3-7-14(8-4-12)19-23-20(29-25-19)17-18(21)27(26-24-17)11-16(28)22-15-9-5-13(2)6-10-15/h3-10H,11,21H2,1-2H3,(H,22,28). The van der Waals surface area contributed by atoms with Crippen LogP contribution in [0.3, 0.4) is 0 Å². The number of nitrogens with one attached hydrogen (secondary N) is 1. The van der Waals surface area contributed by atoms with Crippen LogP contribution in [0, 0.1) is 13.8 Å². The van der Waals surface area contributed by atoms with E-state index in [0.29, 0.717) is 11.5 Å². The molecule has 2 aromatic carbocycles. The van der Waals surface area contributed by atoms with Gasteiger partial charge in [0.2, 0.25) is 11.7 Å². The maximum Gasteiger partial charge on any atom is 0.282 e. The number of aryl methyl sites for hydroxylation is 2. The zero-order valence-corrected chi connectivity index (χ0v) is 16.0. The highest BCUT2D eigenvalue weighted by molar-refractivity contribution is 5.90. The predicted octanol–water partition coefficient (Wildman–Crippen LogP) is 2.83. The van der Waals surface area contributed by atoms with E-state index in [1.807, 2.05) is 62.4 Å². The molecule has 0 saturated carbocycles. The van der Waals surface area contributed by atoms with Gasteiger partial charge < -0.3 is 15.6 Å². The second-order valence-electron chi connectivity index (χ2n) is 6.68. The first kappa shape index (κ1) is 18.4. The molecule has 0 aliphatic rings. The van der Waals surface area contributed by atoms with E-state index in [1.165, 1.54) is 4.68 Å². The summed E-state index contributed by atoms with van der Waals surface area (Å²) in [5, 5.41) is 14.7. The first-order valence-electron chi connectivity index (χ1n) is 8.96. The molecule has 3 N–H and O–H groups in total. The molecule has 0 unspecified atom stereocenters. The minimum absolute atomic E-state index is 0.0916. The highest BCUT2D eigenvalue weighted by Gasteiger charge is 2.20. The van der Waals surface area contributed by atoms with Crippen molar-refractivity contribution in [3.8, 4) is 23.0 Å². The van der Waals surface area contributed by atoms with Gasteiger partial charge in [0.25, 0.3) is 5.89 Å². The molecule has 9 heteroatoms. The summed E-state index contributed by atoms with van der Waals surface area (Å²) >= 11 is 0. The number of amides is 1. The van der Waals surface area contributed by atoms with Crippen LogP contribution in [0.15, 0.2) is 53.1 Å². The van der Waals surface area contributed by atoms with Crippen molar-refractivity contribution in [3.05, 3.63) is 59.7 Å². The summed E-state index contributed by atoms with van der Waals surface area (Å²) in [6.45, 7) is 3.89. The van der Waals surface area contributed by atoms with Gasteiger partial charge in [0.15, 0.2) is 11.5 Å². The van der Waals surface area contributed by atoms with Crippen molar-refractivity contribution in [2.45, 2.75) is 20.4 Å². The number of carbonyl (C=O) groups is 1. The Labute approximate surface area is 166 Å². The lowest BCUT2D eigenvalue weighted by molar-refractivity contribution is -0.116. The summed E-state index contributed by atoms with van der Waals surface area (Å²) in [4.78, 5) is 16.6. The average molecular weight is 389 g/mol. The van der Waals surface area contributed by atoms with Crippen LogP contribution in [-0.2, 0) is 11.3 Å². The average Bonchev–Trinajstić information content (AvgIpc) is 3.32. The topological polar surface area (TPSA) is 125 Å². The molecule has 4 rings (SSSR count). The summed E-state index contributed by atoms with van der Waals surface area (Å²) in [5.41, 5.74) is 10.1. The van der Waals surface area contributed by atoms with Crippen LogP contribution < -0.4 is 11.1 Å². The predicted molar refractivity (Wildman–Crippen MR) is 108 cm³/mol. The van der Waals surface area contributed by atoms with E-state index in [-0.39, 0.29) is 29.9 Å². The Morgan fingerprint density at radius 3 is 2.41 bits per heavy atom. The number of nitrogens with zero attached hydrogens (tertiary/aromatic N) is 5. The zero-order chi connectivity index (χ0) is 20.4. The lowest BCUT2D eigenvalue weighted by Crippen LogP contribution is -2.20. The molecule has 0 fully saturated rings. The van der Waals surface area contributed by atoms with E-state index in [0.717, 1.165) is 16.7 Å². The Morgan fingerprint density at radius 1 is 1.07 bits per heavy atom. The van der Waals surface area contributed by atoms with Crippen molar-refractivity contribution in [1.82, 2.24) is 25.1 Å². The maximum atomic E-state index is 12.3. The van der Waals surface area contributed by atoms with Gasteiger partial charge in [-0.25, -0.2) is 4.68 Å². The van der Waals surface area contributed by atoms with Gasteiger partial charge in [0.05, 0.1) is 0 Å². The number of hydrogen-bond donors (Lipinski definition) is 2. The summed E-state index contributed by atoms with van der Waals surface area (Å²) in [6.07, 6.45) is 0. The van der Waals surface area contributed by atoms with E-state index >= 15 is 0 Å². The van der Waals surface area contributed by atoms with Crippen molar-refractivity contribution in [2.24, 2.45) is 0 Å². The van der Waals surface area contributed by atoms with Crippen LogP contribution in [-0.4, -0.2) is 31.0 Å². The van der Waals surface area contributed by atoms with Crippen molar-refractivity contribution in [1.29, 1.82) is 0 Å². The molecule has 0 atom stereocenters. The number of carbonyl (C=O) groups excluding carboxylic acids is 1. The van der Waals surface area contributed by atoms with Crippen LogP contribution in [0.25, 0.3) is 23.0 Å². The lowest BCUT2D eigenvalue weighted by atomic mass is 10.1. The van der Waals surface area contributed by atoms with Gasteiger partial charge in [-0.15, -0.1) is 5.10 Å². The van der Waals surface area contributed by atoms with E-state index in [1.54, 1.807) is 0 Å². The quantitative estimate of drug-likeness (QED) is 0.537. The molecular weight excluding hydrogens is 370 g/mol. The Morgan fingerprint density at radius 2 is 1.72 bits per heavy atom. The number of aromatic nitrogens is 5. The second-order valence-corrected chi connectivity index (χ2v) is 6.68. The molecule has 1 amide bonds. The van der Waals surface area contributed by atoms with Crippen molar-refractivity contribution in [2.75, 3.05) is 11.1 Å². The van der Waals surface area contributed by atoms with Gasteiger partial charge in [0, 0.05) is 11.3 Å². The molecule has 9 nitrogen and oxygen atoms in total. The number of nitrogen functional groups attached to an aromatic ring is 1. The van der Waals surface area contributed by atoms with E-state index in [2.05, 4.69) is 25.8 Å². The molecule has 146 valence electrons. The molecule has 0 radical (unpaired) electrons. The van der Waals surface area contributed by atoms with Crippen molar-refractivity contribution < 1.29 is 9.32 Å². The third-order valence-electron chi connectivity index (χ3n) is 4.34. The van der Waals surface area contributed by atoms with Gasteiger partial charge in [-0.1, -0.05) is 57.9 Å². The van der Waals surface area contributed by atoms with Gasteiger partial charge in [-0.3, -0.25) is 4.79 Å². The van der Waals surface area contributed by atoms with Crippen LogP contribution in [0.5, 0.6) is 0 Å². The number of nitrogens with two attached hydrogens (primary N) is 1. The third-order valence-corrected chi connectivity index (χ3v) is 4.34. The minimum Gasteiger partial charge on any atom is -0.382 e. The van der Waals surface area contributed by atoms with Crippen LogP contribution >= 0.6 is 0 Å². The molecule has 0 bridgehead atoms. The van der Waals surface area contributed by atoms with Crippen molar-refractivity contribution in [3.63, 3.8) is 0 Å². The summed E-state index contributed by atoms with van der Waals surface area (Å²) in [5.74, 6) is 0.459. The minimum atomic E-state index is -0.275. The van der Waals surface area contributed by atoms with Crippen LogP contribution in [0.2, 0.25) is 0 Å². The van der Waals surface area contributed by atoms with Gasteiger partial charge >= 0.3 is 0 Å². The molecule has 29 heavy (non-hydrogen) atoms.